The molecule has 0 unspecified atom stereocenters. The van der Waals surface area contributed by atoms with Crippen molar-refractivity contribution < 1.29 is 32.2 Å². The molecule has 0 aromatic heterocycles. The topological polar surface area (TPSA) is 112 Å². The van der Waals surface area contributed by atoms with E-state index in [1.165, 1.54) is 46.8 Å². The first-order valence-electron chi connectivity index (χ1n) is 11.0. The molecule has 0 bridgehead atoms. The Bertz CT molecular complexity index is 1380. The summed E-state index contributed by atoms with van der Waals surface area (Å²) in [6.45, 7) is 0. The Hall–Kier alpha value is -4.44. The normalized spacial score (nSPS) is 11.4. The Morgan fingerprint density at radius 3 is 2.05 bits per heavy atom. The second-order valence-electron chi connectivity index (χ2n) is 7.52. The molecule has 0 aliphatic carbocycles. The third kappa shape index (κ3) is 7.28. The molecule has 0 amide bonds. The van der Waals surface area contributed by atoms with E-state index in [1.807, 2.05) is 6.07 Å². The molecule has 0 spiro atoms. The molecular weight excluding hydrogens is 496 g/mol. The zero-order valence-corrected chi connectivity index (χ0v) is 21.7. The van der Waals surface area contributed by atoms with E-state index in [9.17, 15) is 13.2 Å². The predicted octanol–water partition coefficient (Wildman–Crippen LogP) is 4.94. The van der Waals surface area contributed by atoms with Gasteiger partial charge in [0.25, 0.3) is 10.0 Å². The molecule has 194 valence electrons. The second kappa shape index (κ2) is 12.5. The van der Waals surface area contributed by atoms with Gasteiger partial charge in [0, 0.05) is 30.0 Å². The number of methoxy groups -OCH3 is 4. The lowest BCUT2D eigenvalue weighted by molar-refractivity contribution is 0.104. The molecule has 3 aromatic carbocycles. The fraction of sp³-hybridized carbons (Fsp3) is 0.148. The maximum Gasteiger partial charge on any atom is 0.255 e. The molecule has 3 rings (SSSR count). The van der Waals surface area contributed by atoms with Gasteiger partial charge in [-0.1, -0.05) is 30.3 Å². The Morgan fingerprint density at radius 2 is 1.46 bits per heavy atom. The van der Waals surface area contributed by atoms with Gasteiger partial charge >= 0.3 is 0 Å². The molecule has 0 atom stereocenters. The molecule has 0 heterocycles. The van der Waals surface area contributed by atoms with Crippen molar-refractivity contribution in [3.05, 3.63) is 89.5 Å². The molecule has 3 aromatic rings. The highest BCUT2D eigenvalue weighted by Gasteiger charge is 2.14. The van der Waals surface area contributed by atoms with Crippen molar-refractivity contribution in [2.45, 2.75) is 0 Å². The van der Waals surface area contributed by atoms with Gasteiger partial charge in [-0.15, -0.1) is 0 Å². The van der Waals surface area contributed by atoms with Crippen LogP contribution in [0.5, 0.6) is 23.0 Å². The van der Waals surface area contributed by atoms with Gasteiger partial charge in [-0.2, -0.15) is 0 Å². The Kier molecular flexibility index (Phi) is 9.17. The number of benzene rings is 3. The number of carbonyl (C=O) groups is 1. The van der Waals surface area contributed by atoms with Crippen molar-refractivity contribution in [2.24, 2.45) is 0 Å². The van der Waals surface area contributed by atoms with Crippen LogP contribution in [0, 0.1) is 0 Å². The first-order chi connectivity index (χ1) is 17.8. The molecule has 0 saturated heterocycles. The number of hydrogen-bond acceptors (Lipinski definition) is 8. The molecule has 37 heavy (non-hydrogen) atoms. The number of ether oxygens (including phenoxy) is 4. The van der Waals surface area contributed by atoms with Gasteiger partial charge in [-0.3, -0.25) is 9.52 Å². The summed E-state index contributed by atoms with van der Waals surface area (Å²) in [5, 5.41) is 3.98. The monoisotopic (exact) mass is 524 g/mol. The number of nitrogens with one attached hydrogen (secondary N) is 2. The van der Waals surface area contributed by atoms with Crippen molar-refractivity contribution in [3.8, 4) is 23.0 Å². The van der Waals surface area contributed by atoms with Crippen LogP contribution in [0.4, 0.5) is 11.4 Å². The Balaban J connectivity index is 1.79. The summed E-state index contributed by atoms with van der Waals surface area (Å²) in [5.74, 6) is 1.55. The first kappa shape index (κ1) is 27.2. The smallest absolute Gasteiger partial charge is 0.255 e. The van der Waals surface area contributed by atoms with Crippen molar-refractivity contribution in [3.63, 3.8) is 0 Å². The van der Waals surface area contributed by atoms with E-state index >= 15 is 0 Å². The number of ketones is 1. The maximum atomic E-state index is 12.8. The number of rotatable bonds is 12. The Morgan fingerprint density at radius 1 is 0.811 bits per heavy atom. The predicted molar refractivity (Wildman–Crippen MR) is 144 cm³/mol. The van der Waals surface area contributed by atoms with E-state index in [1.54, 1.807) is 54.6 Å². The number of allylic oxidation sites excluding steroid dienone is 1. The number of anilines is 2. The SMILES string of the molecule is COc1cc(OC)c(/C=C/S(=O)(=O)Nc2ccc(OC)c(N/C=C/C(=O)c3ccccc3)c2)c(OC)c1. The van der Waals surface area contributed by atoms with Crippen LogP contribution in [0.25, 0.3) is 6.08 Å². The largest absolute Gasteiger partial charge is 0.496 e. The number of carbonyl (C=O) groups excluding carboxylic acids is 1. The van der Waals surface area contributed by atoms with Crippen molar-refractivity contribution >= 4 is 33.3 Å². The molecule has 0 aliphatic rings. The van der Waals surface area contributed by atoms with Gasteiger partial charge in [0.15, 0.2) is 5.78 Å². The van der Waals surface area contributed by atoms with Crippen LogP contribution in [0.15, 0.2) is 78.3 Å². The summed E-state index contributed by atoms with van der Waals surface area (Å²) in [5.41, 5.74) is 1.72. The third-order valence-electron chi connectivity index (χ3n) is 5.16. The zero-order valence-electron chi connectivity index (χ0n) is 20.8. The highest BCUT2D eigenvalue weighted by atomic mass is 32.2. The fourth-order valence-corrected chi connectivity index (χ4v) is 4.18. The highest BCUT2D eigenvalue weighted by molar-refractivity contribution is 7.95. The van der Waals surface area contributed by atoms with Crippen molar-refractivity contribution in [1.82, 2.24) is 0 Å². The van der Waals surface area contributed by atoms with Gasteiger partial charge in [0.1, 0.15) is 23.0 Å². The summed E-state index contributed by atoms with van der Waals surface area (Å²) in [7, 11) is 2.00. The maximum absolute atomic E-state index is 12.8. The highest BCUT2D eigenvalue weighted by Crippen LogP contribution is 2.35. The summed E-state index contributed by atoms with van der Waals surface area (Å²) < 4.78 is 49.4. The van der Waals surface area contributed by atoms with Gasteiger partial charge in [0.2, 0.25) is 0 Å². The summed E-state index contributed by atoms with van der Waals surface area (Å²) >= 11 is 0. The minimum Gasteiger partial charge on any atom is -0.496 e. The van der Waals surface area contributed by atoms with Crippen LogP contribution >= 0.6 is 0 Å². The first-order valence-corrected chi connectivity index (χ1v) is 12.6. The number of hydrogen-bond donors (Lipinski definition) is 2. The van der Waals surface area contributed by atoms with Crippen molar-refractivity contribution in [2.75, 3.05) is 38.5 Å². The van der Waals surface area contributed by atoms with E-state index in [0.29, 0.717) is 39.8 Å². The van der Waals surface area contributed by atoms with Crippen molar-refractivity contribution in [1.29, 1.82) is 0 Å². The molecule has 0 saturated carbocycles. The van der Waals surface area contributed by atoms with E-state index in [4.69, 9.17) is 18.9 Å². The average Bonchev–Trinajstić information content (AvgIpc) is 2.91. The van der Waals surface area contributed by atoms with Crippen LogP contribution in [-0.2, 0) is 10.0 Å². The second-order valence-corrected chi connectivity index (χ2v) is 9.08. The fourth-order valence-electron chi connectivity index (χ4n) is 3.34. The lowest BCUT2D eigenvalue weighted by Crippen LogP contribution is -2.09. The third-order valence-corrected chi connectivity index (χ3v) is 6.17. The molecule has 9 nitrogen and oxygen atoms in total. The summed E-state index contributed by atoms with van der Waals surface area (Å²) in [6.07, 6.45) is 4.22. The van der Waals surface area contributed by atoms with Crippen LogP contribution in [0.3, 0.4) is 0 Å². The minimum atomic E-state index is -3.92. The lowest BCUT2D eigenvalue weighted by Gasteiger charge is -2.13. The summed E-state index contributed by atoms with van der Waals surface area (Å²) in [6, 6.07) is 16.8. The molecule has 0 aliphatic heterocycles. The molecule has 0 fully saturated rings. The Labute approximate surface area is 216 Å². The standard InChI is InChI=1S/C27H28N2O7S/c1-33-21-17-26(35-3)22(27(18-21)36-4)13-15-37(31,32)29-20-10-11-25(34-2)23(16-20)28-14-12-24(30)19-8-6-5-7-9-19/h5-18,28-29H,1-4H3/b14-12+,15-13+. The van der Waals surface area contributed by atoms with Crippen LogP contribution < -0.4 is 29.0 Å². The lowest BCUT2D eigenvalue weighted by atomic mass is 10.1. The van der Waals surface area contributed by atoms with E-state index < -0.39 is 10.0 Å². The molecule has 2 N–H and O–H groups in total. The average molecular weight is 525 g/mol. The molecule has 10 heteroatoms. The minimum absolute atomic E-state index is 0.182. The van der Waals surface area contributed by atoms with Crippen LogP contribution in [0.2, 0.25) is 0 Å². The van der Waals surface area contributed by atoms with Gasteiger partial charge in [0.05, 0.1) is 50.8 Å². The van der Waals surface area contributed by atoms with Gasteiger partial charge < -0.3 is 24.3 Å². The molecular formula is C27H28N2O7S. The van der Waals surface area contributed by atoms with E-state index in [0.717, 1.165) is 5.41 Å². The number of sulfonamides is 1. The van der Waals surface area contributed by atoms with E-state index in [-0.39, 0.29) is 11.5 Å². The van der Waals surface area contributed by atoms with Gasteiger partial charge in [-0.25, -0.2) is 8.42 Å². The van der Waals surface area contributed by atoms with Gasteiger partial charge in [-0.05, 0) is 24.3 Å². The molecule has 0 radical (unpaired) electrons. The summed E-state index contributed by atoms with van der Waals surface area (Å²) in [4.78, 5) is 12.3. The van der Waals surface area contributed by atoms with E-state index in [2.05, 4.69) is 10.0 Å². The van der Waals surface area contributed by atoms with Crippen LogP contribution in [-0.4, -0.2) is 42.6 Å². The quantitative estimate of drug-likeness (QED) is 0.253. The van der Waals surface area contributed by atoms with Crippen LogP contribution in [0.1, 0.15) is 15.9 Å². The zero-order chi connectivity index (χ0) is 26.8.